The van der Waals surface area contributed by atoms with Gasteiger partial charge in [0.15, 0.2) is 0 Å². The van der Waals surface area contributed by atoms with Crippen LogP contribution in [0.5, 0.6) is 0 Å². The Labute approximate surface area is 153 Å². The average molecular weight is 355 g/mol. The summed E-state index contributed by atoms with van der Waals surface area (Å²) < 4.78 is 1.76. The van der Waals surface area contributed by atoms with Crippen molar-refractivity contribution in [3.63, 3.8) is 0 Å². The molecule has 0 unspecified atom stereocenters. The molecule has 25 heavy (non-hydrogen) atoms. The van der Waals surface area contributed by atoms with Crippen LogP contribution in [0.4, 0.5) is 0 Å². The third kappa shape index (κ3) is 3.91. The van der Waals surface area contributed by atoms with E-state index in [-0.39, 0.29) is 5.54 Å². The summed E-state index contributed by atoms with van der Waals surface area (Å²) in [5, 5.41) is 8.69. The van der Waals surface area contributed by atoms with E-state index in [4.69, 9.17) is 11.6 Å². The lowest BCUT2D eigenvalue weighted by Crippen LogP contribution is -2.40. The highest BCUT2D eigenvalue weighted by Gasteiger charge is 2.27. The van der Waals surface area contributed by atoms with Crippen molar-refractivity contribution in [2.45, 2.75) is 38.8 Å². The third-order valence-corrected chi connectivity index (χ3v) is 5.11. The molecule has 0 atom stereocenters. The normalized spacial score (nSPS) is 11.6. The van der Waals surface area contributed by atoms with Gasteiger partial charge in [0.25, 0.3) is 0 Å². The highest BCUT2D eigenvalue weighted by atomic mass is 35.5. The fourth-order valence-electron chi connectivity index (χ4n) is 3.16. The third-order valence-electron chi connectivity index (χ3n) is 4.85. The van der Waals surface area contributed by atoms with Crippen molar-refractivity contribution >= 4 is 11.6 Å². The van der Waals surface area contributed by atoms with Crippen molar-refractivity contribution < 1.29 is 0 Å². The summed E-state index contributed by atoms with van der Waals surface area (Å²) in [4.78, 5) is 3.98. The first-order valence-corrected chi connectivity index (χ1v) is 8.99. The van der Waals surface area contributed by atoms with E-state index in [2.05, 4.69) is 65.6 Å². The van der Waals surface area contributed by atoms with Crippen molar-refractivity contribution in [1.82, 2.24) is 20.1 Å². The maximum Gasteiger partial charge on any atom is 0.138 e. The molecule has 1 heterocycles. The van der Waals surface area contributed by atoms with Gasteiger partial charge in [0.1, 0.15) is 12.7 Å². The summed E-state index contributed by atoms with van der Waals surface area (Å²) in [7, 11) is 0. The second-order valence-corrected chi connectivity index (χ2v) is 6.59. The molecular weight excluding hydrogens is 332 g/mol. The molecule has 130 valence electrons. The molecule has 5 heteroatoms. The number of halogens is 1. The first-order chi connectivity index (χ1) is 12.2. The Morgan fingerprint density at radius 2 is 1.68 bits per heavy atom. The van der Waals surface area contributed by atoms with Gasteiger partial charge < -0.3 is 5.32 Å². The van der Waals surface area contributed by atoms with E-state index in [1.54, 1.807) is 17.3 Å². The van der Waals surface area contributed by atoms with Crippen LogP contribution in [0.1, 0.15) is 37.8 Å². The molecule has 0 amide bonds. The van der Waals surface area contributed by atoms with Crippen molar-refractivity contribution in [1.29, 1.82) is 0 Å². The van der Waals surface area contributed by atoms with E-state index in [0.717, 1.165) is 30.1 Å². The minimum absolute atomic E-state index is 0.0465. The predicted octanol–water partition coefficient (Wildman–Crippen LogP) is 4.73. The van der Waals surface area contributed by atoms with Gasteiger partial charge >= 0.3 is 0 Å². The number of aromatic nitrogens is 3. The van der Waals surface area contributed by atoms with Gasteiger partial charge in [-0.2, -0.15) is 5.10 Å². The topological polar surface area (TPSA) is 42.7 Å². The Hall–Kier alpha value is -2.17. The van der Waals surface area contributed by atoms with Crippen LogP contribution in [-0.4, -0.2) is 14.8 Å². The summed E-state index contributed by atoms with van der Waals surface area (Å²) in [5.41, 5.74) is 3.48. The largest absolute Gasteiger partial charge is 0.303 e. The fraction of sp³-hybridized carbons (Fsp3) is 0.300. The average Bonchev–Trinajstić information content (AvgIpc) is 3.19. The van der Waals surface area contributed by atoms with Crippen LogP contribution in [0.25, 0.3) is 5.69 Å². The van der Waals surface area contributed by atoms with Crippen LogP contribution in [0.3, 0.4) is 0 Å². The number of rotatable bonds is 7. The lowest BCUT2D eigenvalue weighted by molar-refractivity contribution is 0.305. The van der Waals surface area contributed by atoms with E-state index in [0.29, 0.717) is 0 Å². The lowest BCUT2D eigenvalue weighted by atomic mass is 9.84. The minimum atomic E-state index is -0.0465. The number of nitrogens with zero attached hydrogens (tertiary/aromatic N) is 3. The Bertz CT molecular complexity index is 776. The molecule has 0 aliphatic rings. The van der Waals surface area contributed by atoms with Gasteiger partial charge in [-0.1, -0.05) is 49.7 Å². The number of nitrogens with one attached hydrogen (secondary N) is 1. The zero-order valence-electron chi connectivity index (χ0n) is 14.6. The second-order valence-electron chi connectivity index (χ2n) is 6.16. The molecule has 0 saturated heterocycles. The van der Waals surface area contributed by atoms with E-state index >= 15 is 0 Å². The molecule has 0 fully saturated rings. The van der Waals surface area contributed by atoms with Gasteiger partial charge in [0.2, 0.25) is 0 Å². The smallest absolute Gasteiger partial charge is 0.138 e. The molecule has 2 aromatic carbocycles. The Morgan fingerprint density at radius 3 is 2.24 bits per heavy atom. The molecule has 1 N–H and O–H groups in total. The van der Waals surface area contributed by atoms with Gasteiger partial charge in [-0.3, -0.25) is 0 Å². The second kappa shape index (κ2) is 7.81. The number of benzene rings is 2. The van der Waals surface area contributed by atoms with Gasteiger partial charge in [-0.25, -0.2) is 9.67 Å². The number of hydrogen-bond donors (Lipinski definition) is 1. The van der Waals surface area contributed by atoms with E-state index in [1.807, 2.05) is 12.1 Å². The van der Waals surface area contributed by atoms with Gasteiger partial charge in [-0.05, 0) is 48.2 Å². The quantitative estimate of drug-likeness (QED) is 0.667. The van der Waals surface area contributed by atoms with Crippen molar-refractivity contribution in [2.75, 3.05) is 0 Å². The van der Waals surface area contributed by atoms with E-state index in [9.17, 15) is 0 Å². The molecule has 3 rings (SSSR count). The molecule has 0 saturated carbocycles. The van der Waals surface area contributed by atoms with Crippen LogP contribution >= 0.6 is 11.6 Å². The van der Waals surface area contributed by atoms with Crippen molar-refractivity contribution in [3.8, 4) is 5.69 Å². The molecular formula is C20H23ClN4. The Morgan fingerprint density at radius 1 is 1.00 bits per heavy atom. The molecule has 3 aromatic rings. The van der Waals surface area contributed by atoms with Crippen LogP contribution in [0, 0.1) is 0 Å². The Balaban J connectivity index is 1.74. The summed E-state index contributed by atoms with van der Waals surface area (Å²) >= 11 is 6.05. The first-order valence-electron chi connectivity index (χ1n) is 8.62. The summed E-state index contributed by atoms with van der Waals surface area (Å²) in [6.07, 6.45) is 5.27. The van der Waals surface area contributed by atoms with Gasteiger partial charge in [-0.15, -0.1) is 0 Å². The van der Waals surface area contributed by atoms with Gasteiger partial charge in [0.05, 0.1) is 5.69 Å². The predicted molar refractivity (Wildman–Crippen MR) is 102 cm³/mol. The summed E-state index contributed by atoms with van der Waals surface area (Å²) in [5.74, 6) is 0. The molecule has 1 aromatic heterocycles. The zero-order valence-corrected chi connectivity index (χ0v) is 15.4. The van der Waals surface area contributed by atoms with Crippen LogP contribution < -0.4 is 5.32 Å². The molecule has 0 spiro atoms. The Kier molecular flexibility index (Phi) is 5.51. The first kappa shape index (κ1) is 17.6. The zero-order chi connectivity index (χ0) is 17.7. The summed E-state index contributed by atoms with van der Waals surface area (Å²) in [6.45, 7) is 5.25. The van der Waals surface area contributed by atoms with Crippen molar-refractivity contribution in [2.24, 2.45) is 0 Å². The van der Waals surface area contributed by atoms with Crippen LogP contribution in [0.15, 0.2) is 61.2 Å². The maximum atomic E-state index is 6.05. The van der Waals surface area contributed by atoms with E-state index in [1.165, 1.54) is 11.1 Å². The van der Waals surface area contributed by atoms with Gasteiger partial charge in [0, 0.05) is 17.1 Å². The highest BCUT2D eigenvalue weighted by molar-refractivity contribution is 6.30. The van der Waals surface area contributed by atoms with Crippen molar-refractivity contribution in [3.05, 3.63) is 77.3 Å². The lowest BCUT2D eigenvalue weighted by Gasteiger charge is -2.34. The monoisotopic (exact) mass is 354 g/mol. The molecule has 0 radical (unpaired) electrons. The molecule has 4 nitrogen and oxygen atoms in total. The van der Waals surface area contributed by atoms with Crippen LogP contribution in [-0.2, 0) is 12.1 Å². The van der Waals surface area contributed by atoms with Crippen LogP contribution in [0.2, 0.25) is 5.02 Å². The standard InChI is InChI=1S/C20H23ClN4/c1-3-20(4-2,17-7-9-18(21)10-8-17)23-13-16-5-11-19(12-6-16)25-15-22-14-24-25/h5-12,14-15,23H,3-4,13H2,1-2H3. The SMILES string of the molecule is CCC(CC)(NCc1ccc(-n2cncn2)cc1)c1ccc(Cl)cc1. The molecule has 0 aliphatic heterocycles. The number of hydrogen-bond acceptors (Lipinski definition) is 3. The maximum absolute atomic E-state index is 6.05. The minimum Gasteiger partial charge on any atom is -0.303 e. The van der Waals surface area contributed by atoms with E-state index < -0.39 is 0 Å². The summed E-state index contributed by atoms with van der Waals surface area (Å²) in [6, 6.07) is 16.6. The highest BCUT2D eigenvalue weighted by Crippen LogP contribution is 2.30. The molecule has 0 bridgehead atoms. The fourth-order valence-corrected chi connectivity index (χ4v) is 3.28. The molecule has 0 aliphatic carbocycles.